The van der Waals surface area contributed by atoms with Gasteiger partial charge in [0.05, 0.1) is 7.11 Å². The molecule has 0 amide bonds. The Kier molecular flexibility index (Phi) is 4.81. The maximum Gasteiger partial charge on any atom is 0.323 e. The largest absolute Gasteiger partial charge is 0.468 e. The molecular formula is C13H16N2O3S. The van der Waals surface area contributed by atoms with Crippen LogP contribution < -0.4 is 5.32 Å². The number of carbonyl (C=O) groups is 1. The molecule has 0 aliphatic carbocycles. The number of likely N-dealkylation sites (N-methyl/N-ethyl adjacent to an activating group) is 1. The number of fused-ring (bicyclic) bond motifs is 1. The number of hydrogen-bond acceptors (Lipinski definition) is 6. The fourth-order valence-corrected chi connectivity index (χ4v) is 2.54. The number of oxazole rings is 1. The van der Waals surface area contributed by atoms with Crippen molar-refractivity contribution in [2.75, 3.05) is 19.4 Å². The van der Waals surface area contributed by atoms with E-state index in [0.29, 0.717) is 17.5 Å². The van der Waals surface area contributed by atoms with E-state index in [0.717, 1.165) is 11.1 Å². The van der Waals surface area contributed by atoms with Gasteiger partial charge in [-0.2, -0.15) is 0 Å². The van der Waals surface area contributed by atoms with Crippen molar-refractivity contribution in [3.05, 3.63) is 24.3 Å². The van der Waals surface area contributed by atoms with Crippen molar-refractivity contribution in [2.45, 2.75) is 18.2 Å². The second kappa shape index (κ2) is 6.58. The van der Waals surface area contributed by atoms with Crippen LogP contribution in [0.4, 0.5) is 0 Å². The molecule has 0 saturated heterocycles. The average molecular weight is 280 g/mol. The van der Waals surface area contributed by atoms with Crippen LogP contribution in [0.15, 0.2) is 33.9 Å². The number of thioether (sulfide) groups is 1. The van der Waals surface area contributed by atoms with E-state index in [4.69, 9.17) is 9.15 Å². The smallest absolute Gasteiger partial charge is 0.323 e. The van der Waals surface area contributed by atoms with Crippen LogP contribution in [0, 0.1) is 0 Å². The third kappa shape index (κ3) is 3.48. The third-order valence-electron chi connectivity index (χ3n) is 2.58. The molecule has 2 aromatic rings. The van der Waals surface area contributed by atoms with Gasteiger partial charge < -0.3 is 14.5 Å². The monoisotopic (exact) mass is 280 g/mol. The molecule has 0 fully saturated rings. The molecule has 102 valence electrons. The second-order valence-corrected chi connectivity index (χ2v) is 4.86. The van der Waals surface area contributed by atoms with Crippen LogP contribution in [0.1, 0.15) is 6.92 Å². The number of ether oxygens (including phenoxy) is 1. The lowest BCUT2D eigenvalue weighted by atomic mass is 10.3. The summed E-state index contributed by atoms with van der Waals surface area (Å²) in [5.74, 6) is 0.248. The summed E-state index contributed by atoms with van der Waals surface area (Å²) in [4.78, 5) is 15.9. The summed E-state index contributed by atoms with van der Waals surface area (Å²) in [6.07, 6.45) is 0. The van der Waals surface area contributed by atoms with Crippen molar-refractivity contribution in [3.63, 3.8) is 0 Å². The SMILES string of the molecule is CCNC(CSc1nc2ccccc2o1)C(=O)OC. The Morgan fingerprint density at radius 3 is 3.00 bits per heavy atom. The van der Waals surface area contributed by atoms with Crippen molar-refractivity contribution in [2.24, 2.45) is 0 Å². The molecule has 0 aliphatic heterocycles. The maximum absolute atomic E-state index is 11.5. The minimum Gasteiger partial charge on any atom is -0.468 e. The number of hydrogen-bond donors (Lipinski definition) is 1. The highest BCUT2D eigenvalue weighted by atomic mass is 32.2. The molecule has 1 heterocycles. The Morgan fingerprint density at radius 2 is 2.32 bits per heavy atom. The van der Waals surface area contributed by atoms with Gasteiger partial charge in [0.1, 0.15) is 11.6 Å². The summed E-state index contributed by atoms with van der Waals surface area (Å²) in [7, 11) is 1.39. The van der Waals surface area contributed by atoms with E-state index < -0.39 is 0 Å². The average Bonchev–Trinajstić information content (AvgIpc) is 2.85. The minimum atomic E-state index is -0.352. The first-order valence-electron chi connectivity index (χ1n) is 6.04. The summed E-state index contributed by atoms with van der Waals surface area (Å²) < 4.78 is 10.3. The summed E-state index contributed by atoms with van der Waals surface area (Å²) in [6, 6.07) is 7.22. The van der Waals surface area contributed by atoms with Crippen molar-refractivity contribution >= 4 is 28.8 Å². The second-order valence-electron chi connectivity index (χ2n) is 3.89. The van der Waals surface area contributed by atoms with Crippen LogP contribution in [0.5, 0.6) is 0 Å². The van der Waals surface area contributed by atoms with Gasteiger partial charge in [-0.25, -0.2) is 4.98 Å². The quantitative estimate of drug-likeness (QED) is 0.645. The normalized spacial score (nSPS) is 12.5. The van der Waals surface area contributed by atoms with Crippen molar-refractivity contribution in [3.8, 4) is 0 Å². The molecule has 1 atom stereocenters. The number of rotatable bonds is 6. The minimum absolute atomic E-state index is 0.273. The van der Waals surface area contributed by atoms with E-state index in [1.165, 1.54) is 18.9 Å². The Balaban J connectivity index is 2.01. The first kappa shape index (κ1) is 13.9. The lowest BCUT2D eigenvalue weighted by molar-refractivity contribution is -0.142. The number of aromatic nitrogens is 1. The van der Waals surface area contributed by atoms with Gasteiger partial charge in [0, 0.05) is 5.75 Å². The molecule has 0 spiro atoms. The van der Waals surface area contributed by atoms with E-state index in [-0.39, 0.29) is 12.0 Å². The topological polar surface area (TPSA) is 64.4 Å². The third-order valence-corrected chi connectivity index (χ3v) is 3.51. The van der Waals surface area contributed by atoms with Gasteiger partial charge in [-0.3, -0.25) is 4.79 Å². The highest BCUT2D eigenvalue weighted by molar-refractivity contribution is 7.99. The molecule has 1 aromatic heterocycles. The van der Waals surface area contributed by atoms with Crippen LogP contribution in [0.3, 0.4) is 0 Å². The van der Waals surface area contributed by atoms with Crippen LogP contribution in [-0.4, -0.2) is 36.4 Å². The Labute approximate surface area is 115 Å². The van der Waals surface area contributed by atoms with Crippen molar-refractivity contribution in [1.82, 2.24) is 10.3 Å². The van der Waals surface area contributed by atoms with Gasteiger partial charge in [0.15, 0.2) is 5.58 Å². The molecule has 2 rings (SSSR count). The maximum atomic E-state index is 11.5. The first-order chi connectivity index (χ1) is 9.24. The molecule has 0 aliphatic rings. The van der Waals surface area contributed by atoms with Gasteiger partial charge >= 0.3 is 5.97 Å². The molecule has 0 saturated carbocycles. The van der Waals surface area contributed by atoms with Crippen molar-refractivity contribution in [1.29, 1.82) is 0 Å². The lowest BCUT2D eigenvalue weighted by Crippen LogP contribution is -2.39. The summed E-state index contributed by atoms with van der Waals surface area (Å²) in [5.41, 5.74) is 1.58. The van der Waals surface area contributed by atoms with Crippen LogP contribution >= 0.6 is 11.8 Å². The summed E-state index contributed by atoms with van der Waals surface area (Å²) in [6.45, 7) is 2.65. The van der Waals surface area contributed by atoms with Gasteiger partial charge in [-0.1, -0.05) is 30.8 Å². The molecule has 1 N–H and O–H groups in total. The van der Waals surface area contributed by atoms with Gasteiger partial charge in [0.25, 0.3) is 5.22 Å². The zero-order valence-corrected chi connectivity index (χ0v) is 11.7. The molecule has 5 nitrogen and oxygen atoms in total. The van der Waals surface area contributed by atoms with E-state index in [1.54, 1.807) is 0 Å². The molecular weight excluding hydrogens is 264 g/mol. The van der Waals surface area contributed by atoms with E-state index in [2.05, 4.69) is 10.3 Å². The molecule has 6 heteroatoms. The van der Waals surface area contributed by atoms with Gasteiger partial charge in [-0.05, 0) is 18.7 Å². The lowest BCUT2D eigenvalue weighted by Gasteiger charge is -2.13. The molecule has 1 unspecified atom stereocenters. The Bertz CT molecular complexity index is 523. The fourth-order valence-electron chi connectivity index (χ4n) is 1.67. The van der Waals surface area contributed by atoms with Gasteiger partial charge in [0.2, 0.25) is 0 Å². The van der Waals surface area contributed by atoms with E-state index >= 15 is 0 Å². The van der Waals surface area contributed by atoms with Crippen LogP contribution in [0.2, 0.25) is 0 Å². The van der Waals surface area contributed by atoms with Crippen LogP contribution in [-0.2, 0) is 9.53 Å². The number of carbonyl (C=O) groups excluding carboxylic acids is 1. The predicted molar refractivity (Wildman–Crippen MR) is 74.2 cm³/mol. The Hall–Kier alpha value is -1.53. The number of para-hydroxylation sites is 2. The number of benzene rings is 1. The standard InChI is InChI=1S/C13H16N2O3S/c1-3-14-10(12(16)17-2)8-19-13-15-9-6-4-5-7-11(9)18-13/h4-7,10,14H,3,8H2,1-2H3. The predicted octanol–water partition coefficient (Wildman–Crippen LogP) is 2.07. The van der Waals surface area contributed by atoms with E-state index in [1.807, 2.05) is 31.2 Å². The molecule has 19 heavy (non-hydrogen) atoms. The van der Waals surface area contributed by atoms with Crippen LogP contribution in [0.25, 0.3) is 11.1 Å². The molecule has 0 radical (unpaired) electrons. The fraction of sp³-hybridized carbons (Fsp3) is 0.385. The summed E-state index contributed by atoms with van der Waals surface area (Å²) in [5, 5.41) is 3.64. The van der Waals surface area contributed by atoms with Crippen molar-refractivity contribution < 1.29 is 13.9 Å². The van der Waals surface area contributed by atoms with E-state index in [9.17, 15) is 4.79 Å². The highest BCUT2D eigenvalue weighted by Gasteiger charge is 2.19. The number of esters is 1. The highest BCUT2D eigenvalue weighted by Crippen LogP contribution is 2.23. The number of methoxy groups -OCH3 is 1. The summed E-state index contributed by atoms with van der Waals surface area (Å²) >= 11 is 1.40. The van der Waals surface area contributed by atoms with Gasteiger partial charge in [-0.15, -0.1) is 0 Å². The zero-order chi connectivity index (χ0) is 13.7. The Morgan fingerprint density at radius 1 is 1.53 bits per heavy atom. The first-order valence-corrected chi connectivity index (χ1v) is 7.02. The molecule has 0 bridgehead atoms. The number of nitrogens with zero attached hydrogens (tertiary/aromatic N) is 1. The molecule has 1 aromatic carbocycles. The zero-order valence-electron chi connectivity index (χ0n) is 10.9. The number of nitrogens with one attached hydrogen (secondary N) is 1.